The fraction of sp³-hybridized carbons (Fsp3) is 0.286. The molecule has 0 fully saturated rings. The van der Waals surface area contributed by atoms with Gasteiger partial charge in [0.25, 0.3) is 0 Å². The van der Waals surface area contributed by atoms with E-state index in [1.54, 1.807) is 23.5 Å². The molecule has 0 aliphatic carbocycles. The van der Waals surface area contributed by atoms with Crippen molar-refractivity contribution in [3.05, 3.63) is 45.4 Å². The average molecular weight is 276 g/mol. The molecular formula is C14H16N2O2S. The number of aromatic carboxylic acids is 1. The number of aryl methyl sites for hydroxylation is 2. The Morgan fingerprint density at radius 2 is 2.16 bits per heavy atom. The predicted octanol–water partition coefficient (Wildman–Crippen LogP) is 3.63. The number of benzene rings is 1. The molecule has 0 bridgehead atoms. The van der Waals surface area contributed by atoms with Crippen LogP contribution < -0.4 is 5.32 Å². The lowest BCUT2D eigenvalue weighted by molar-refractivity contribution is 0.0698. The molecule has 1 heterocycles. The van der Waals surface area contributed by atoms with Gasteiger partial charge in [0.1, 0.15) is 5.01 Å². The van der Waals surface area contributed by atoms with Gasteiger partial charge in [-0.3, -0.25) is 0 Å². The van der Waals surface area contributed by atoms with Gasteiger partial charge in [0.2, 0.25) is 0 Å². The minimum atomic E-state index is -0.926. The molecule has 5 heteroatoms. The number of carbonyl (C=O) groups is 1. The number of rotatable bonds is 4. The number of nitrogens with one attached hydrogen (secondary N) is 1. The highest BCUT2D eigenvalue weighted by Gasteiger charge is 2.14. The summed E-state index contributed by atoms with van der Waals surface area (Å²) in [6.45, 7) is 5.86. The Morgan fingerprint density at radius 3 is 2.74 bits per heavy atom. The van der Waals surface area contributed by atoms with Crippen molar-refractivity contribution in [1.82, 2.24) is 4.98 Å². The third-order valence-electron chi connectivity index (χ3n) is 2.78. The normalized spacial score (nSPS) is 12.2. The monoisotopic (exact) mass is 276 g/mol. The zero-order valence-electron chi connectivity index (χ0n) is 11.1. The lowest BCUT2D eigenvalue weighted by atomic mass is 10.1. The van der Waals surface area contributed by atoms with Crippen molar-refractivity contribution in [2.45, 2.75) is 26.8 Å². The second-order valence-electron chi connectivity index (χ2n) is 4.55. The summed E-state index contributed by atoms with van der Waals surface area (Å²) in [4.78, 5) is 15.6. The van der Waals surface area contributed by atoms with Crippen molar-refractivity contribution in [1.29, 1.82) is 0 Å². The van der Waals surface area contributed by atoms with E-state index < -0.39 is 5.97 Å². The van der Waals surface area contributed by atoms with Crippen LogP contribution in [0.1, 0.15) is 39.6 Å². The largest absolute Gasteiger partial charge is 0.478 e. The smallest absolute Gasteiger partial charge is 0.337 e. The summed E-state index contributed by atoms with van der Waals surface area (Å²) in [6, 6.07) is 5.26. The molecule has 0 saturated heterocycles. The summed E-state index contributed by atoms with van der Waals surface area (Å²) < 4.78 is 0. The van der Waals surface area contributed by atoms with Gasteiger partial charge < -0.3 is 10.4 Å². The first-order valence-corrected chi connectivity index (χ1v) is 6.88. The first-order valence-electron chi connectivity index (χ1n) is 6.00. The van der Waals surface area contributed by atoms with E-state index in [2.05, 4.69) is 10.3 Å². The third kappa shape index (κ3) is 3.12. The summed E-state index contributed by atoms with van der Waals surface area (Å²) in [5.41, 5.74) is 2.92. The molecule has 2 N–H and O–H groups in total. The number of hydrogen-bond acceptors (Lipinski definition) is 4. The topological polar surface area (TPSA) is 62.2 Å². The molecule has 0 radical (unpaired) electrons. The van der Waals surface area contributed by atoms with Crippen LogP contribution in [-0.4, -0.2) is 16.1 Å². The van der Waals surface area contributed by atoms with Crippen LogP contribution >= 0.6 is 11.3 Å². The highest BCUT2D eigenvalue weighted by Crippen LogP contribution is 2.25. The fourth-order valence-corrected chi connectivity index (χ4v) is 2.63. The number of hydrogen-bond donors (Lipinski definition) is 2. The van der Waals surface area contributed by atoms with Crippen LogP contribution in [0, 0.1) is 13.8 Å². The molecule has 0 spiro atoms. The molecule has 2 aromatic rings. The minimum Gasteiger partial charge on any atom is -0.478 e. The maximum atomic E-state index is 11.2. The molecule has 0 saturated carbocycles. The first-order chi connectivity index (χ1) is 8.97. The summed E-state index contributed by atoms with van der Waals surface area (Å²) in [5, 5.41) is 15.4. The quantitative estimate of drug-likeness (QED) is 0.895. The van der Waals surface area contributed by atoms with E-state index in [1.807, 2.05) is 32.2 Å². The van der Waals surface area contributed by atoms with Gasteiger partial charge in [0.05, 0.1) is 11.6 Å². The molecule has 0 aliphatic heterocycles. The van der Waals surface area contributed by atoms with Crippen molar-refractivity contribution in [3.63, 3.8) is 0 Å². The van der Waals surface area contributed by atoms with E-state index in [9.17, 15) is 9.90 Å². The zero-order chi connectivity index (χ0) is 14.0. The van der Waals surface area contributed by atoms with E-state index in [0.717, 1.165) is 16.3 Å². The number of thiazole rings is 1. The summed E-state index contributed by atoms with van der Waals surface area (Å²) in [7, 11) is 0. The molecule has 0 amide bonds. The molecule has 1 atom stereocenters. The zero-order valence-corrected chi connectivity index (χ0v) is 11.9. The summed E-state index contributed by atoms with van der Waals surface area (Å²) >= 11 is 1.57. The van der Waals surface area contributed by atoms with Gasteiger partial charge in [0, 0.05) is 16.8 Å². The third-order valence-corrected chi connectivity index (χ3v) is 3.93. The Morgan fingerprint density at radius 1 is 1.42 bits per heavy atom. The Labute approximate surface area is 116 Å². The lowest BCUT2D eigenvalue weighted by Crippen LogP contribution is -2.10. The van der Waals surface area contributed by atoms with Crippen molar-refractivity contribution >= 4 is 23.0 Å². The highest BCUT2D eigenvalue weighted by molar-refractivity contribution is 7.09. The fourth-order valence-electron chi connectivity index (χ4n) is 1.83. The molecule has 1 aromatic heterocycles. The van der Waals surface area contributed by atoms with Gasteiger partial charge in [-0.15, -0.1) is 11.3 Å². The van der Waals surface area contributed by atoms with Crippen LogP contribution in [0.25, 0.3) is 0 Å². The average Bonchev–Trinajstić information content (AvgIpc) is 2.75. The van der Waals surface area contributed by atoms with Crippen LogP contribution in [0.5, 0.6) is 0 Å². The number of anilines is 1. The van der Waals surface area contributed by atoms with E-state index in [-0.39, 0.29) is 11.6 Å². The number of aromatic nitrogens is 1. The van der Waals surface area contributed by atoms with Gasteiger partial charge in [-0.05, 0) is 38.5 Å². The predicted molar refractivity (Wildman–Crippen MR) is 77.0 cm³/mol. The highest BCUT2D eigenvalue weighted by atomic mass is 32.1. The second-order valence-corrected chi connectivity index (χ2v) is 5.44. The lowest BCUT2D eigenvalue weighted by Gasteiger charge is -2.15. The van der Waals surface area contributed by atoms with Crippen molar-refractivity contribution in [2.24, 2.45) is 0 Å². The molecule has 1 aromatic carbocycles. The SMILES string of the molecule is Cc1ccc(C(=O)O)c(NC(C)c2nc(C)cs2)c1. The summed E-state index contributed by atoms with van der Waals surface area (Å²) in [6.07, 6.45) is 0. The van der Waals surface area contributed by atoms with E-state index in [4.69, 9.17) is 0 Å². The molecule has 19 heavy (non-hydrogen) atoms. The van der Waals surface area contributed by atoms with Crippen molar-refractivity contribution in [2.75, 3.05) is 5.32 Å². The maximum absolute atomic E-state index is 11.2. The summed E-state index contributed by atoms with van der Waals surface area (Å²) in [5.74, 6) is -0.926. The minimum absolute atomic E-state index is 0.0152. The van der Waals surface area contributed by atoms with Crippen LogP contribution in [0.2, 0.25) is 0 Å². The van der Waals surface area contributed by atoms with E-state index >= 15 is 0 Å². The van der Waals surface area contributed by atoms with Gasteiger partial charge in [-0.25, -0.2) is 9.78 Å². The van der Waals surface area contributed by atoms with Gasteiger partial charge >= 0.3 is 5.97 Å². The van der Waals surface area contributed by atoms with Gasteiger partial charge in [-0.2, -0.15) is 0 Å². The van der Waals surface area contributed by atoms with E-state index in [0.29, 0.717) is 5.69 Å². The van der Waals surface area contributed by atoms with Crippen molar-refractivity contribution in [3.8, 4) is 0 Å². The Kier molecular flexibility index (Phi) is 3.85. The molecule has 4 nitrogen and oxygen atoms in total. The van der Waals surface area contributed by atoms with E-state index in [1.165, 1.54) is 0 Å². The number of carboxylic acids is 1. The van der Waals surface area contributed by atoms with Crippen molar-refractivity contribution < 1.29 is 9.90 Å². The Balaban J connectivity index is 2.27. The molecular weight excluding hydrogens is 260 g/mol. The molecule has 1 unspecified atom stereocenters. The molecule has 100 valence electrons. The second kappa shape index (κ2) is 5.40. The van der Waals surface area contributed by atoms with Gasteiger partial charge in [0.15, 0.2) is 0 Å². The first kappa shape index (κ1) is 13.5. The standard InChI is InChI=1S/C14H16N2O2S/c1-8-4-5-11(14(17)18)12(6-8)16-10(3)13-15-9(2)7-19-13/h4-7,10,16H,1-3H3,(H,17,18). The van der Waals surface area contributed by atoms with Crippen LogP contribution in [0.4, 0.5) is 5.69 Å². The maximum Gasteiger partial charge on any atom is 0.337 e. The Bertz CT molecular complexity index is 607. The van der Waals surface area contributed by atoms with Gasteiger partial charge in [-0.1, -0.05) is 6.07 Å². The molecule has 0 aliphatic rings. The van der Waals surface area contributed by atoms with Crippen LogP contribution in [0.3, 0.4) is 0 Å². The Hall–Kier alpha value is -1.88. The molecule has 2 rings (SSSR count). The van der Waals surface area contributed by atoms with Crippen LogP contribution in [-0.2, 0) is 0 Å². The number of nitrogens with zero attached hydrogens (tertiary/aromatic N) is 1. The number of carboxylic acid groups (broad SMARTS) is 1. The van der Waals surface area contributed by atoms with Crippen LogP contribution in [0.15, 0.2) is 23.6 Å².